The van der Waals surface area contributed by atoms with E-state index in [-0.39, 0.29) is 0 Å². The highest BCUT2D eigenvalue weighted by Gasteiger charge is 2.14. The lowest BCUT2D eigenvalue weighted by Crippen LogP contribution is -1.84. The van der Waals surface area contributed by atoms with Crippen LogP contribution in [0.15, 0.2) is 40.0 Å². The van der Waals surface area contributed by atoms with Crippen LogP contribution in [0.25, 0.3) is 11.1 Å². The van der Waals surface area contributed by atoms with E-state index in [1.54, 1.807) is 6.20 Å². The van der Waals surface area contributed by atoms with E-state index in [0.717, 1.165) is 22.5 Å². The number of hydrogen-bond acceptors (Lipinski definition) is 3. The van der Waals surface area contributed by atoms with Gasteiger partial charge in [0, 0.05) is 17.3 Å². The number of fused-ring (bicyclic) bond motifs is 3. The van der Waals surface area contributed by atoms with Crippen molar-refractivity contribution in [3.05, 3.63) is 41.8 Å². The second kappa shape index (κ2) is 2.80. The van der Waals surface area contributed by atoms with Gasteiger partial charge in [0.05, 0.1) is 6.20 Å². The molecule has 3 nitrogen and oxygen atoms in total. The van der Waals surface area contributed by atoms with E-state index in [1.165, 1.54) is 0 Å². The molecule has 0 unspecified atom stereocenters. The molecule has 0 atom stereocenters. The van der Waals surface area contributed by atoms with Crippen LogP contribution in [0.2, 0.25) is 0 Å². The van der Waals surface area contributed by atoms with Gasteiger partial charge in [-0.2, -0.15) is 0 Å². The zero-order chi connectivity index (χ0) is 9.38. The molecule has 2 heterocycles. The minimum Gasteiger partial charge on any atom is -0.359 e. The molecule has 0 amide bonds. The summed E-state index contributed by atoms with van der Waals surface area (Å²) in [5.74, 6) is 0.839. The van der Waals surface area contributed by atoms with Crippen LogP contribution in [0.1, 0.15) is 11.3 Å². The molecular weight excluding hydrogens is 176 g/mol. The van der Waals surface area contributed by atoms with Crippen molar-refractivity contribution in [2.45, 2.75) is 6.54 Å². The van der Waals surface area contributed by atoms with Crippen LogP contribution >= 0.6 is 0 Å². The van der Waals surface area contributed by atoms with Crippen LogP contribution in [-0.4, -0.2) is 11.4 Å². The molecule has 1 aromatic carbocycles. The number of nitrogens with zero attached hydrogens (tertiary/aromatic N) is 2. The molecule has 2 aromatic rings. The van der Waals surface area contributed by atoms with Crippen LogP contribution in [0.4, 0.5) is 0 Å². The van der Waals surface area contributed by atoms with E-state index in [1.807, 2.05) is 24.4 Å². The Kier molecular flexibility index (Phi) is 1.50. The maximum Gasteiger partial charge on any atom is 0.165 e. The molecule has 14 heavy (non-hydrogen) atoms. The number of rotatable bonds is 0. The first-order valence-corrected chi connectivity index (χ1v) is 4.48. The molecule has 0 fully saturated rings. The molecule has 0 spiro atoms. The fourth-order valence-electron chi connectivity index (χ4n) is 1.68. The molecule has 68 valence electrons. The molecule has 0 aliphatic carbocycles. The maximum absolute atomic E-state index is 5.13. The summed E-state index contributed by atoms with van der Waals surface area (Å²) >= 11 is 0. The van der Waals surface area contributed by atoms with Gasteiger partial charge >= 0.3 is 0 Å². The molecule has 1 aliphatic heterocycles. The van der Waals surface area contributed by atoms with Gasteiger partial charge < -0.3 is 4.52 Å². The number of aromatic nitrogens is 1. The minimum atomic E-state index is 0.573. The number of hydrogen-bond donors (Lipinski definition) is 0. The van der Waals surface area contributed by atoms with Gasteiger partial charge in [0.1, 0.15) is 6.54 Å². The third-order valence-corrected chi connectivity index (χ3v) is 2.36. The van der Waals surface area contributed by atoms with Crippen molar-refractivity contribution in [3.63, 3.8) is 0 Å². The van der Waals surface area contributed by atoms with Crippen molar-refractivity contribution in [1.29, 1.82) is 0 Å². The maximum atomic E-state index is 5.13. The Bertz CT molecular complexity index is 499. The quantitative estimate of drug-likeness (QED) is 0.630. The standard InChI is InChI=1S/C11H8N2O/c1-2-4-9-8(3-1)5-12-7-11-10(9)6-13-14-11/h1-6H,7H2. The van der Waals surface area contributed by atoms with Gasteiger partial charge in [-0.05, 0) is 5.56 Å². The molecule has 0 bridgehead atoms. The van der Waals surface area contributed by atoms with E-state index in [2.05, 4.69) is 16.2 Å². The van der Waals surface area contributed by atoms with Crippen LogP contribution in [0.3, 0.4) is 0 Å². The summed E-state index contributed by atoms with van der Waals surface area (Å²) < 4.78 is 5.13. The Morgan fingerprint density at radius 1 is 1.14 bits per heavy atom. The summed E-state index contributed by atoms with van der Waals surface area (Å²) in [4.78, 5) is 4.27. The van der Waals surface area contributed by atoms with Crippen molar-refractivity contribution in [2.24, 2.45) is 4.99 Å². The molecule has 1 aliphatic rings. The number of aliphatic imine (C=N–C) groups is 1. The van der Waals surface area contributed by atoms with Crippen molar-refractivity contribution in [3.8, 4) is 11.1 Å². The molecule has 3 heteroatoms. The van der Waals surface area contributed by atoms with E-state index in [0.29, 0.717) is 6.54 Å². The second-order valence-electron chi connectivity index (χ2n) is 3.22. The van der Waals surface area contributed by atoms with Gasteiger partial charge in [0.15, 0.2) is 5.76 Å². The van der Waals surface area contributed by atoms with Gasteiger partial charge in [-0.1, -0.05) is 29.4 Å². The normalized spacial score (nSPS) is 13.1. The van der Waals surface area contributed by atoms with Crippen LogP contribution in [-0.2, 0) is 6.54 Å². The topological polar surface area (TPSA) is 38.4 Å². The van der Waals surface area contributed by atoms with Gasteiger partial charge in [-0.25, -0.2) is 0 Å². The van der Waals surface area contributed by atoms with Crippen molar-refractivity contribution in [2.75, 3.05) is 0 Å². The molecule has 0 N–H and O–H groups in total. The highest BCUT2D eigenvalue weighted by Crippen LogP contribution is 2.28. The Labute approximate surface area is 81.1 Å². The zero-order valence-corrected chi connectivity index (χ0v) is 7.47. The first-order valence-electron chi connectivity index (χ1n) is 4.48. The van der Waals surface area contributed by atoms with Gasteiger partial charge in [-0.3, -0.25) is 4.99 Å². The summed E-state index contributed by atoms with van der Waals surface area (Å²) in [6.45, 7) is 0.573. The lowest BCUT2D eigenvalue weighted by Gasteiger charge is -2.00. The Balaban J connectivity index is 2.34. The third kappa shape index (κ3) is 0.988. The van der Waals surface area contributed by atoms with Crippen molar-refractivity contribution >= 4 is 6.21 Å². The van der Waals surface area contributed by atoms with Crippen LogP contribution < -0.4 is 0 Å². The smallest absolute Gasteiger partial charge is 0.165 e. The first-order chi connectivity index (χ1) is 6.95. The average molecular weight is 184 g/mol. The van der Waals surface area contributed by atoms with Gasteiger partial charge in [-0.15, -0.1) is 0 Å². The third-order valence-electron chi connectivity index (χ3n) is 2.36. The predicted octanol–water partition coefficient (Wildman–Crippen LogP) is 2.27. The van der Waals surface area contributed by atoms with Crippen molar-refractivity contribution in [1.82, 2.24) is 5.16 Å². The molecule has 0 saturated heterocycles. The highest BCUT2D eigenvalue weighted by atomic mass is 16.5. The Morgan fingerprint density at radius 2 is 2.07 bits per heavy atom. The minimum absolute atomic E-state index is 0.573. The van der Waals surface area contributed by atoms with E-state index < -0.39 is 0 Å². The fourth-order valence-corrected chi connectivity index (χ4v) is 1.68. The Morgan fingerprint density at radius 3 is 3.07 bits per heavy atom. The summed E-state index contributed by atoms with van der Waals surface area (Å²) in [7, 11) is 0. The van der Waals surface area contributed by atoms with E-state index in [4.69, 9.17) is 4.52 Å². The summed E-state index contributed by atoms with van der Waals surface area (Å²) in [5.41, 5.74) is 3.32. The Hall–Kier alpha value is -1.90. The fraction of sp³-hybridized carbons (Fsp3) is 0.0909. The molecule has 0 radical (unpaired) electrons. The lowest BCUT2D eigenvalue weighted by molar-refractivity contribution is 0.386. The summed E-state index contributed by atoms with van der Waals surface area (Å²) in [5, 5.41) is 3.80. The van der Waals surface area contributed by atoms with E-state index in [9.17, 15) is 0 Å². The monoisotopic (exact) mass is 184 g/mol. The SMILES string of the molecule is C1=NCc2oncc2-c2ccccc21. The molecule has 3 rings (SSSR count). The number of benzene rings is 1. The molecule has 0 saturated carbocycles. The lowest BCUT2D eigenvalue weighted by atomic mass is 10.0. The largest absolute Gasteiger partial charge is 0.359 e. The summed E-state index contributed by atoms with van der Waals surface area (Å²) in [6.07, 6.45) is 3.63. The molecular formula is C11H8N2O. The van der Waals surface area contributed by atoms with Crippen molar-refractivity contribution < 1.29 is 4.52 Å². The zero-order valence-electron chi connectivity index (χ0n) is 7.47. The molecule has 1 aromatic heterocycles. The van der Waals surface area contributed by atoms with Gasteiger partial charge in [0.2, 0.25) is 0 Å². The van der Waals surface area contributed by atoms with Gasteiger partial charge in [0.25, 0.3) is 0 Å². The van der Waals surface area contributed by atoms with Crippen LogP contribution in [0.5, 0.6) is 0 Å². The average Bonchev–Trinajstić information content (AvgIpc) is 2.61. The second-order valence-corrected chi connectivity index (χ2v) is 3.22. The van der Waals surface area contributed by atoms with E-state index >= 15 is 0 Å². The van der Waals surface area contributed by atoms with Crippen LogP contribution in [0, 0.1) is 0 Å². The first kappa shape index (κ1) is 7.50. The summed E-state index contributed by atoms with van der Waals surface area (Å²) in [6, 6.07) is 8.11. The highest BCUT2D eigenvalue weighted by molar-refractivity contribution is 5.91. The predicted molar refractivity (Wildman–Crippen MR) is 53.2 cm³/mol.